The van der Waals surface area contributed by atoms with Crippen molar-refractivity contribution in [1.29, 1.82) is 0 Å². The van der Waals surface area contributed by atoms with Crippen molar-refractivity contribution in [2.24, 2.45) is 5.73 Å². The average Bonchev–Trinajstić information content (AvgIpc) is 3.12. The second-order valence-electron chi connectivity index (χ2n) is 6.56. The molecular formula is C15H23N3O6. The molecule has 24 heavy (non-hydrogen) atoms. The highest BCUT2D eigenvalue weighted by molar-refractivity contribution is 6.13. The molecule has 0 aromatic rings. The molecule has 0 aliphatic carbocycles. The van der Waals surface area contributed by atoms with Crippen LogP contribution in [0.1, 0.15) is 39.0 Å². The van der Waals surface area contributed by atoms with Gasteiger partial charge in [-0.25, -0.2) is 4.79 Å². The molecule has 2 saturated heterocycles. The molecule has 134 valence electrons. The molecule has 2 rings (SSSR count). The largest absolute Gasteiger partial charge is 0.481 e. The van der Waals surface area contributed by atoms with Crippen molar-refractivity contribution in [2.45, 2.75) is 56.1 Å². The van der Waals surface area contributed by atoms with Crippen LogP contribution in [0.5, 0.6) is 0 Å². The third kappa shape index (κ3) is 2.78. The fourth-order valence-corrected chi connectivity index (χ4v) is 3.79. The predicted octanol–water partition coefficient (Wildman–Crippen LogP) is -1.05. The van der Waals surface area contributed by atoms with Gasteiger partial charge in [-0.2, -0.15) is 0 Å². The molecule has 3 atom stereocenters. The zero-order valence-corrected chi connectivity index (χ0v) is 13.6. The molecule has 0 bridgehead atoms. The summed E-state index contributed by atoms with van der Waals surface area (Å²) in [6.07, 6.45) is 0.770. The van der Waals surface area contributed by atoms with Crippen molar-refractivity contribution in [2.75, 3.05) is 13.1 Å². The van der Waals surface area contributed by atoms with E-state index in [9.17, 15) is 24.3 Å². The maximum atomic E-state index is 13.1. The highest BCUT2D eigenvalue weighted by Crippen LogP contribution is 2.36. The van der Waals surface area contributed by atoms with E-state index < -0.39 is 47.2 Å². The lowest BCUT2D eigenvalue weighted by atomic mass is 9.84. The van der Waals surface area contributed by atoms with E-state index in [4.69, 9.17) is 10.8 Å². The Bertz CT molecular complexity index is 570. The standard InChI is InChI=1S/C15H23N3O6/c1-9(16)11(21)15(13(23)24)5-3-7-18(15)12(22)14(8-10(19)20)4-2-6-17-14/h9,17H,2-8,16H2,1H3,(H,19,20)(H,23,24)/t9-,14+,15+/m0/s1. The number of hydrogen-bond acceptors (Lipinski definition) is 6. The zero-order valence-electron chi connectivity index (χ0n) is 13.6. The molecule has 2 fully saturated rings. The van der Waals surface area contributed by atoms with Gasteiger partial charge in [-0.05, 0) is 39.2 Å². The van der Waals surface area contributed by atoms with E-state index in [1.54, 1.807) is 0 Å². The van der Waals surface area contributed by atoms with E-state index in [-0.39, 0.29) is 19.4 Å². The normalized spacial score (nSPS) is 31.0. The van der Waals surface area contributed by atoms with Crippen LogP contribution in [0.3, 0.4) is 0 Å². The summed E-state index contributed by atoms with van der Waals surface area (Å²) in [5.74, 6) is -3.95. The second kappa shape index (κ2) is 6.48. The number of carboxylic acid groups (broad SMARTS) is 2. The molecule has 9 nitrogen and oxygen atoms in total. The highest BCUT2D eigenvalue weighted by atomic mass is 16.4. The summed E-state index contributed by atoms with van der Waals surface area (Å²) < 4.78 is 0. The number of nitrogens with one attached hydrogen (secondary N) is 1. The molecule has 0 aromatic heterocycles. The van der Waals surface area contributed by atoms with Crippen LogP contribution in [0.15, 0.2) is 0 Å². The Labute approximate surface area is 139 Å². The van der Waals surface area contributed by atoms with Crippen LogP contribution in [0.4, 0.5) is 0 Å². The average molecular weight is 341 g/mol. The van der Waals surface area contributed by atoms with Gasteiger partial charge in [0.05, 0.1) is 12.5 Å². The van der Waals surface area contributed by atoms with Crippen molar-refractivity contribution in [3.63, 3.8) is 0 Å². The Morgan fingerprint density at radius 3 is 2.33 bits per heavy atom. The Kier molecular flexibility index (Phi) is 4.95. The van der Waals surface area contributed by atoms with Gasteiger partial charge in [-0.15, -0.1) is 0 Å². The van der Waals surface area contributed by atoms with Crippen molar-refractivity contribution < 1.29 is 29.4 Å². The maximum Gasteiger partial charge on any atom is 0.337 e. The molecular weight excluding hydrogens is 318 g/mol. The fourth-order valence-electron chi connectivity index (χ4n) is 3.79. The SMILES string of the molecule is C[C@H](N)C(=O)[C@@]1(C(=O)O)CCCN1C(=O)[C@]1(CC(=O)O)CCCN1. The van der Waals surface area contributed by atoms with Crippen LogP contribution in [0.2, 0.25) is 0 Å². The molecule has 0 unspecified atom stereocenters. The summed E-state index contributed by atoms with van der Waals surface area (Å²) in [5, 5.41) is 21.8. The summed E-state index contributed by atoms with van der Waals surface area (Å²) in [6.45, 7) is 1.94. The number of aliphatic carboxylic acids is 2. The molecule has 0 saturated carbocycles. The van der Waals surface area contributed by atoms with Gasteiger partial charge in [0, 0.05) is 6.54 Å². The molecule has 5 N–H and O–H groups in total. The topological polar surface area (TPSA) is 150 Å². The van der Waals surface area contributed by atoms with Gasteiger partial charge in [0.2, 0.25) is 11.4 Å². The molecule has 2 aliphatic rings. The van der Waals surface area contributed by atoms with E-state index in [2.05, 4.69) is 5.32 Å². The highest BCUT2D eigenvalue weighted by Gasteiger charge is 2.60. The number of carbonyl (C=O) groups is 4. The number of ketones is 1. The summed E-state index contributed by atoms with van der Waals surface area (Å²) in [7, 11) is 0. The van der Waals surface area contributed by atoms with E-state index >= 15 is 0 Å². The summed E-state index contributed by atoms with van der Waals surface area (Å²) in [4.78, 5) is 49.8. The fraction of sp³-hybridized carbons (Fsp3) is 0.733. The number of hydrogen-bond donors (Lipinski definition) is 4. The number of amides is 1. The number of nitrogens with zero attached hydrogens (tertiary/aromatic N) is 1. The minimum Gasteiger partial charge on any atom is -0.481 e. The summed E-state index contributed by atoms with van der Waals surface area (Å²) >= 11 is 0. The van der Waals surface area contributed by atoms with Crippen LogP contribution < -0.4 is 11.1 Å². The van der Waals surface area contributed by atoms with Gasteiger partial charge < -0.3 is 26.2 Å². The predicted molar refractivity (Wildman–Crippen MR) is 82.2 cm³/mol. The number of likely N-dealkylation sites (tertiary alicyclic amines) is 1. The summed E-state index contributed by atoms with van der Waals surface area (Å²) in [5.41, 5.74) is 2.23. The first-order chi connectivity index (χ1) is 11.2. The summed E-state index contributed by atoms with van der Waals surface area (Å²) in [6, 6.07) is -1.04. The van der Waals surface area contributed by atoms with Gasteiger partial charge in [-0.1, -0.05) is 0 Å². The molecule has 9 heteroatoms. The van der Waals surface area contributed by atoms with Crippen molar-refractivity contribution in [3.05, 3.63) is 0 Å². The Morgan fingerprint density at radius 2 is 1.88 bits per heavy atom. The molecule has 2 aliphatic heterocycles. The molecule has 0 aromatic carbocycles. The van der Waals surface area contributed by atoms with Crippen LogP contribution in [-0.4, -0.2) is 69.0 Å². The van der Waals surface area contributed by atoms with Crippen molar-refractivity contribution >= 4 is 23.6 Å². The van der Waals surface area contributed by atoms with Crippen LogP contribution >= 0.6 is 0 Å². The Balaban J connectivity index is 2.44. The zero-order chi connectivity index (χ0) is 18.1. The maximum absolute atomic E-state index is 13.1. The Morgan fingerprint density at radius 1 is 1.21 bits per heavy atom. The van der Waals surface area contributed by atoms with Crippen LogP contribution in [0, 0.1) is 0 Å². The number of rotatable bonds is 6. The first kappa shape index (κ1) is 18.3. The minimum atomic E-state index is -2.01. The van der Waals surface area contributed by atoms with Crippen LogP contribution in [-0.2, 0) is 19.2 Å². The van der Waals surface area contributed by atoms with E-state index in [0.717, 1.165) is 4.90 Å². The number of nitrogens with two attached hydrogens (primary N) is 1. The quantitative estimate of drug-likeness (QED) is 0.447. The lowest BCUT2D eigenvalue weighted by molar-refractivity contribution is -0.165. The van der Waals surface area contributed by atoms with Gasteiger partial charge in [-0.3, -0.25) is 14.4 Å². The third-order valence-electron chi connectivity index (χ3n) is 4.91. The third-order valence-corrected chi connectivity index (χ3v) is 4.91. The van der Waals surface area contributed by atoms with E-state index in [0.29, 0.717) is 19.4 Å². The lowest BCUT2D eigenvalue weighted by Crippen LogP contribution is -2.67. The molecule has 2 heterocycles. The Hall–Kier alpha value is -2.00. The number of carboxylic acids is 2. The molecule has 0 radical (unpaired) electrons. The van der Waals surface area contributed by atoms with Gasteiger partial charge in [0.1, 0.15) is 5.54 Å². The molecule has 1 amide bonds. The number of carbonyl (C=O) groups excluding carboxylic acids is 2. The van der Waals surface area contributed by atoms with E-state index in [1.807, 2.05) is 0 Å². The van der Waals surface area contributed by atoms with Gasteiger partial charge in [0.15, 0.2) is 5.78 Å². The lowest BCUT2D eigenvalue weighted by Gasteiger charge is -2.39. The van der Waals surface area contributed by atoms with Gasteiger partial charge in [0.25, 0.3) is 0 Å². The minimum absolute atomic E-state index is 0.0163. The molecule has 0 spiro atoms. The smallest absolute Gasteiger partial charge is 0.337 e. The van der Waals surface area contributed by atoms with Gasteiger partial charge >= 0.3 is 11.9 Å². The van der Waals surface area contributed by atoms with Crippen molar-refractivity contribution in [3.8, 4) is 0 Å². The number of Topliss-reactive ketones (excluding diaryl/α,β-unsaturated/α-hetero) is 1. The first-order valence-electron chi connectivity index (χ1n) is 7.99. The van der Waals surface area contributed by atoms with Crippen molar-refractivity contribution in [1.82, 2.24) is 10.2 Å². The monoisotopic (exact) mass is 341 g/mol. The second-order valence-corrected chi connectivity index (χ2v) is 6.56. The van der Waals surface area contributed by atoms with Crippen LogP contribution in [0.25, 0.3) is 0 Å². The van der Waals surface area contributed by atoms with E-state index in [1.165, 1.54) is 6.92 Å². The first-order valence-corrected chi connectivity index (χ1v) is 7.99.